The van der Waals surface area contributed by atoms with E-state index in [9.17, 15) is 13.2 Å². The lowest BCUT2D eigenvalue weighted by Crippen LogP contribution is -2.47. The minimum absolute atomic E-state index is 0.264. The van der Waals surface area contributed by atoms with Crippen LogP contribution in [-0.2, 0) is 14.8 Å². The van der Waals surface area contributed by atoms with Gasteiger partial charge in [0.25, 0.3) is 0 Å². The Hall–Kier alpha value is -1.96. The van der Waals surface area contributed by atoms with E-state index in [0.29, 0.717) is 33.8 Å². The van der Waals surface area contributed by atoms with Crippen molar-refractivity contribution in [3.63, 3.8) is 0 Å². The first kappa shape index (κ1) is 22.3. The summed E-state index contributed by atoms with van der Waals surface area (Å²) in [5.41, 5.74) is 0.762. The second kappa shape index (κ2) is 9.49. The van der Waals surface area contributed by atoms with Crippen LogP contribution in [0.1, 0.15) is 20.3 Å². The molecule has 1 amide bonds. The molecular weight excluding hydrogens is 423 g/mol. The zero-order chi connectivity index (χ0) is 20.9. The third-order valence-corrected chi connectivity index (χ3v) is 5.48. The van der Waals surface area contributed by atoms with Crippen molar-refractivity contribution >= 4 is 50.5 Å². The van der Waals surface area contributed by atoms with Crippen LogP contribution >= 0.6 is 23.2 Å². The molecule has 0 saturated heterocycles. The standard InChI is InChI=1S/C19H22Cl2N2O4S/c1-4-18(19(24)22-15-11-13(20)10-14(21)12-15)23(28(3,25)26)16-6-8-17(9-7-16)27-5-2/h6-12,18H,4-5H2,1-3H3,(H,22,24)/t18-/m0/s1. The highest BCUT2D eigenvalue weighted by molar-refractivity contribution is 7.92. The van der Waals surface area contributed by atoms with Gasteiger partial charge in [-0.05, 0) is 55.8 Å². The van der Waals surface area contributed by atoms with Crippen LogP contribution in [0.2, 0.25) is 10.0 Å². The molecule has 2 aromatic rings. The van der Waals surface area contributed by atoms with E-state index in [-0.39, 0.29) is 6.42 Å². The average molecular weight is 445 g/mol. The maximum Gasteiger partial charge on any atom is 0.248 e. The molecular formula is C19H22Cl2N2O4S. The fourth-order valence-corrected chi connectivity index (χ4v) is 4.51. The van der Waals surface area contributed by atoms with Crippen LogP contribution in [-0.4, -0.2) is 33.2 Å². The molecule has 1 N–H and O–H groups in total. The van der Waals surface area contributed by atoms with Crippen molar-refractivity contribution in [2.75, 3.05) is 22.5 Å². The molecule has 2 aromatic carbocycles. The second-order valence-electron chi connectivity index (χ2n) is 6.06. The number of halogens is 2. The number of carbonyl (C=O) groups excluding carboxylic acids is 1. The van der Waals surface area contributed by atoms with Gasteiger partial charge in [-0.15, -0.1) is 0 Å². The SMILES string of the molecule is CCOc1ccc(N([C@@H](CC)C(=O)Nc2cc(Cl)cc(Cl)c2)S(C)(=O)=O)cc1. The minimum Gasteiger partial charge on any atom is -0.494 e. The number of hydrogen-bond acceptors (Lipinski definition) is 4. The van der Waals surface area contributed by atoms with E-state index in [4.69, 9.17) is 27.9 Å². The molecule has 0 unspecified atom stereocenters. The molecule has 0 fully saturated rings. The Kier molecular flexibility index (Phi) is 7.57. The number of rotatable bonds is 8. The Labute approximate surface area is 175 Å². The maximum absolute atomic E-state index is 12.9. The van der Waals surface area contributed by atoms with Gasteiger partial charge in [-0.1, -0.05) is 30.1 Å². The highest BCUT2D eigenvalue weighted by Crippen LogP contribution is 2.27. The first-order valence-electron chi connectivity index (χ1n) is 8.65. The van der Waals surface area contributed by atoms with Crippen LogP contribution < -0.4 is 14.4 Å². The molecule has 0 bridgehead atoms. The average Bonchev–Trinajstić information content (AvgIpc) is 2.58. The van der Waals surface area contributed by atoms with E-state index in [0.717, 1.165) is 10.6 Å². The third-order valence-electron chi connectivity index (χ3n) is 3.86. The molecule has 0 aromatic heterocycles. The number of ether oxygens (including phenoxy) is 1. The number of anilines is 2. The minimum atomic E-state index is -3.73. The third kappa shape index (κ3) is 5.77. The summed E-state index contributed by atoms with van der Waals surface area (Å²) in [6.07, 6.45) is 1.33. The summed E-state index contributed by atoms with van der Waals surface area (Å²) < 4.78 is 31.5. The van der Waals surface area contributed by atoms with Gasteiger partial charge in [0, 0.05) is 15.7 Å². The number of sulfonamides is 1. The Morgan fingerprint density at radius 1 is 1.11 bits per heavy atom. The van der Waals surface area contributed by atoms with Gasteiger partial charge in [-0.3, -0.25) is 9.10 Å². The maximum atomic E-state index is 12.9. The molecule has 0 aliphatic carbocycles. The number of carbonyl (C=O) groups is 1. The molecule has 152 valence electrons. The predicted molar refractivity (Wildman–Crippen MR) is 114 cm³/mol. The fourth-order valence-electron chi connectivity index (χ4n) is 2.77. The van der Waals surface area contributed by atoms with E-state index < -0.39 is 22.0 Å². The highest BCUT2D eigenvalue weighted by Gasteiger charge is 2.31. The largest absolute Gasteiger partial charge is 0.494 e. The van der Waals surface area contributed by atoms with Crippen molar-refractivity contribution in [2.45, 2.75) is 26.3 Å². The van der Waals surface area contributed by atoms with Crippen molar-refractivity contribution in [2.24, 2.45) is 0 Å². The van der Waals surface area contributed by atoms with Crippen LogP contribution in [0.25, 0.3) is 0 Å². The summed E-state index contributed by atoms with van der Waals surface area (Å²) in [5.74, 6) is 0.130. The van der Waals surface area contributed by atoms with E-state index in [1.165, 1.54) is 0 Å². The molecule has 2 rings (SSSR count). The van der Waals surface area contributed by atoms with Crippen LogP contribution in [0.3, 0.4) is 0 Å². The van der Waals surface area contributed by atoms with Gasteiger partial charge in [-0.25, -0.2) is 8.42 Å². The molecule has 0 radical (unpaired) electrons. The lowest BCUT2D eigenvalue weighted by atomic mass is 10.1. The quantitative estimate of drug-likeness (QED) is 0.646. The van der Waals surface area contributed by atoms with Gasteiger partial charge < -0.3 is 10.1 Å². The smallest absolute Gasteiger partial charge is 0.248 e. The first-order chi connectivity index (χ1) is 13.2. The van der Waals surface area contributed by atoms with E-state index in [1.54, 1.807) is 49.4 Å². The number of amides is 1. The predicted octanol–water partition coefficient (Wildman–Crippen LogP) is 4.58. The summed E-state index contributed by atoms with van der Waals surface area (Å²) in [5, 5.41) is 3.42. The van der Waals surface area contributed by atoms with Crippen LogP contribution in [0, 0.1) is 0 Å². The van der Waals surface area contributed by atoms with E-state index in [2.05, 4.69) is 5.32 Å². The Morgan fingerprint density at radius 3 is 2.14 bits per heavy atom. The lowest BCUT2D eigenvalue weighted by molar-refractivity contribution is -0.117. The molecule has 0 heterocycles. The van der Waals surface area contributed by atoms with E-state index in [1.807, 2.05) is 6.92 Å². The van der Waals surface area contributed by atoms with Gasteiger partial charge in [0.05, 0.1) is 18.6 Å². The normalized spacial score (nSPS) is 12.3. The van der Waals surface area contributed by atoms with Crippen LogP contribution in [0.4, 0.5) is 11.4 Å². The second-order valence-corrected chi connectivity index (χ2v) is 8.79. The zero-order valence-corrected chi connectivity index (χ0v) is 18.1. The first-order valence-corrected chi connectivity index (χ1v) is 11.2. The molecule has 0 saturated carbocycles. The molecule has 9 heteroatoms. The molecule has 1 atom stereocenters. The van der Waals surface area contributed by atoms with Crippen molar-refractivity contribution < 1.29 is 17.9 Å². The van der Waals surface area contributed by atoms with Crippen molar-refractivity contribution in [3.05, 3.63) is 52.5 Å². The Morgan fingerprint density at radius 2 is 1.68 bits per heavy atom. The van der Waals surface area contributed by atoms with Gasteiger partial charge in [-0.2, -0.15) is 0 Å². The van der Waals surface area contributed by atoms with E-state index >= 15 is 0 Å². The van der Waals surface area contributed by atoms with Crippen LogP contribution in [0.15, 0.2) is 42.5 Å². The monoisotopic (exact) mass is 444 g/mol. The summed E-state index contributed by atoms with van der Waals surface area (Å²) >= 11 is 11.9. The molecule has 0 aliphatic heterocycles. The number of nitrogens with one attached hydrogen (secondary N) is 1. The van der Waals surface area contributed by atoms with Gasteiger partial charge in [0.2, 0.25) is 15.9 Å². The van der Waals surface area contributed by atoms with Crippen molar-refractivity contribution in [1.82, 2.24) is 0 Å². The Balaban J connectivity index is 2.35. The molecule has 28 heavy (non-hydrogen) atoms. The summed E-state index contributed by atoms with van der Waals surface area (Å²) in [6.45, 7) is 4.09. The van der Waals surface area contributed by atoms with Crippen molar-refractivity contribution in [1.29, 1.82) is 0 Å². The molecule has 0 spiro atoms. The summed E-state index contributed by atoms with van der Waals surface area (Å²) in [7, 11) is -3.73. The van der Waals surface area contributed by atoms with Gasteiger partial charge in [0.1, 0.15) is 11.8 Å². The van der Waals surface area contributed by atoms with Gasteiger partial charge >= 0.3 is 0 Å². The number of nitrogens with zero attached hydrogens (tertiary/aromatic N) is 1. The molecule has 6 nitrogen and oxygen atoms in total. The topological polar surface area (TPSA) is 75.7 Å². The summed E-state index contributed by atoms with van der Waals surface area (Å²) in [4.78, 5) is 12.9. The van der Waals surface area contributed by atoms with Crippen LogP contribution in [0.5, 0.6) is 5.75 Å². The summed E-state index contributed by atoms with van der Waals surface area (Å²) in [6, 6.07) is 10.2. The number of hydrogen-bond donors (Lipinski definition) is 1. The highest BCUT2D eigenvalue weighted by atomic mass is 35.5. The number of benzene rings is 2. The fraction of sp³-hybridized carbons (Fsp3) is 0.316. The molecule has 0 aliphatic rings. The van der Waals surface area contributed by atoms with Crippen molar-refractivity contribution in [3.8, 4) is 5.75 Å². The Bertz CT molecular complexity index is 913. The zero-order valence-electron chi connectivity index (χ0n) is 15.8. The lowest BCUT2D eigenvalue weighted by Gasteiger charge is -2.30. The van der Waals surface area contributed by atoms with Gasteiger partial charge in [0.15, 0.2) is 0 Å².